The number of aryl methyl sites for hydroxylation is 1. The van der Waals surface area contributed by atoms with Crippen LogP contribution in [0.2, 0.25) is 0 Å². The number of hydrogen-bond acceptors (Lipinski definition) is 3. The molecule has 18 heavy (non-hydrogen) atoms. The Bertz CT molecular complexity index is 670. The van der Waals surface area contributed by atoms with Crippen molar-refractivity contribution in [3.63, 3.8) is 0 Å². The highest BCUT2D eigenvalue weighted by Gasteiger charge is 2.16. The molecule has 0 radical (unpaired) electrons. The second-order valence-electron chi connectivity index (χ2n) is 3.63. The van der Waals surface area contributed by atoms with Crippen molar-refractivity contribution in [3.8, 4) is 11.8 Å². The first-order valence-corrected chi connectivity index (χ1v) is 5.03. The van der Waals surface area contributed by atoms with Crippen LogP contribution in [-0.4, -0.2) is 20.9 Å². The zero-order valence-electron chi connectivity index (χ0n) is 9.38. The lowest BCUT2D eigenvalue weighted by Crippen LogP contribution is -2.02. The lowest BCUT2D eigenvalue weighted by molar-refractivity contribution is 0.0696. The fourth-order valence-electron chi connectivity index (χ4n) is 1.62. The summed E-state index contributed by atoms with van der Waals surface area (Å²) in [5, 5.41) is 21.7. The van der Waals surface area contributed by atoms with Gasteiger partial charge in [0.2, 0.25) is 0 Å². The molecule has 0 aliphatic rings. The molecule has 0 bridgehead atoms. The van der Waals surface area contributed by atoms with Gasteiger partial charge in [0, 0.05) is 6.20 Å². The molecule has 0 fully saturated rings. The summed E-state index contributed by atoms with van der Waals surface area (Å²) in [6.07, 6.45) is 1.19. The van der Waals surface area contributed by atoms with Gasteiger partial charge in [-0.1, -0.05) is 6.07 Å². The van der Waals surface area contributed by atoms with E-state index in [1.54, 1.807) is 0 Å². The number of carboxylic acids is 1. The van der Waals surface area contributed by atoms with Gasteiger partial charge in [-0.05, 0) is 19.1 Å². The van der Waals surface area contributed by atoms with Crippen LogP contribution in [0.5, 0.6) is 0 Å². The molecule has 6 heteroatoms. The van der Waals surface area contributed by atoms with E-state index in [2.05, 4.69) is 5.10 Å². The standard InChI is InChI=1S/C12H8FN3O2/c1-7-9(12(17)18)6-16(15-7)11-8(5-14)3-2-4-10(11)13/h2-4,6H,1H3,(H,17,18). The first-order chi connectivity index (χ1) is 8.54. The van der Waals surface area contributed by atoms with Crippen molar-refractivity contribution in [1.82, 2.24) is 9.78 Å². The smallest absolute Gasteiger partial charge is 0.339 e. The molecule has 0 amide bonds. The van der Waals surface area contributed by atoms with Gasteiger partial charge in [0.1, 0.15) is 23.1 Å². The van der Waals surface area contributed by atoms with Crippen LogP contribution in [0.3, 0.4) is 0 Å². The third kappa shape index (κ3) is 1.82. The highest BCUT2D eigenvalue weighted by atomic mass is 19.1. The minimum absolute atomic E-state index is 0.0258. The van der Waals surface area contributed by atoms with E-state index in [0.29, 0.717) is 0 Å². The molecule has 0 aliphatic carbocycles. The third-order valence-electron chi connectivity index (χ3n) is 2.47. The van der Waals surface area contributed by atoms with Crippen LogP contribution in [0.25, 0.3) is 5.69 Å². The van der Waals surface area contributed by atoms with E-state index in [1.807, 2.05) is 6.07 Å². The van der Waals surface area contributed by atoms with Gasteiger partial charge in [-0.2, -0.15) is 10.4 Å². The van der Waals surface area contributed by atoms with E-state index in [9.17, 15) is 9.18 Å². The Labute approximate surface area is 102 Å². The minimum atomic E-state index is -1.14. The van der Waals surface area contributed by atoms with Gasteiger partial charge < -0.3 is 5.11 Å². The largest absolute Gasteiger partial charge is 0.478 e. The van der Waals surface area contributed by atoms with Crippen LogP contribution in [0, 0.1) is 24.1 Å². The molecule has 0 saturated heterocycles. The summed E-state index contributed by atoms with van der Waals surface area (Å²) in [7, 11) is 0. The van der Waals surface area contributed by atoms with Crippen LogP contribution in [0.15, 0.2) is 24.4 Å². The second kappa shape index (κ2) is 4.30. The summed E-state index contributed by atoms with van der Waals surface area (Å²) in [5.41, 5.74) is 0.279. The molecule has 1 N–H and O–H groups in total. The van der Waals surface area contributed by atoms with Crippen LogP contribution in [0.4, 0.5) is 4.39 Å². The Morgan fingerprint density at radius 2 is 2.28 bits per heavy atom. The quantitative estimate of drug-likeness (QED) is 0.876. The van der Waals surface area contributed by atoms with Gasteiger partial charge in [-0.15, -0.1) is 0 Å². The Kier molecular flexibility index (Phi) is 2.81. The van der Waals surface area contributed by atoms with E-state index in [4.69, 9.17) is 10.4 Å². The van der Waals surface area contributed by atoms with E-state index in [-0.39, 0.29) is 22.5 Å². The monoisotopic (exact) mass is 245 g/mol. The van der Waals surface area contributed by atoms with Crippen molar-refractivity contribution in [1.29, 1.82) is 5.26 Å². The lowest BCUT2D eigenvalue weighted by Gasteiger charge is -2.04. The van der Waals surface area contributed by atoms with Gasteiger partial charge in [0.25, 0.3) is 0 Å². The highest BCUT2D eigenvalue weighted by molar-refractivity contribution is 5.88. The van der Waals surface area contributed by atoms with Crippen molar-refractivity contribution >= 4 is 5.97 Å². The number of nitriles is 1. The van der Waals surface area contributed by atoms with Crippen molar-refractivity contribution in [2.24, 2.45) is 0 Å². The van der Waals surface area contributed by atoms with Gasteiger partial charge in [0.05, 0.1) is 11.3 Å². The molecule has 2 aromatic rings. The van der Waals surface area contributed by atoms with Crippen LogP contribution < -0.4 is 0 Å². The predicted octanol–water partition coefficient (Wildman–Crippen LogP) is 1.89. The van der Waals surface area contributed by atoms with E-state index in [1.165, 1.54) is 31.3 Å². The molecule has 0 unspecified atom stereocenters. The highest BCUT2D eigenvalue weighted by Crippen LogP contribution is 2.19. The van der Waals surface area contributed by atoms with Gasteiger partial charge in [-0.25, -0.2) is 13.9 Å². The average Bonchev–Trinajstić information content (AvgIpc) is 2.70. The van der Waals surface area contributed by atoms with Crippen molar-refractivity contribution in [2.75, 3.05) is 0 Å². The Morgan fingerprint density at radius 1 is 1.56 bits per heavy atom. The Balaban J connectivity index is 2.67. The Morgan fingerprint density at radius 3 is 2.83 bits per heavy atom. The summed E-state index contributed by atoms with van der Waals surface area (Å²) in [6, 6.07) is 5.88. The van der Waals surface area contributed by atoms with E-state index < -0.39 is 11.8 Å². The van der Waals surface area contributed by atoms with Gasteiger partial charge >= 0.3 is 5.97 Å². The number of benzene rings is 1. The van der Waals surface area contributed by atoms with Crippen LogP contribution >= 0.6 is 0 Å². The van der Waals surface area contributed by atoms with E-state index >= 15 is 0 Å². The molecule has 1 heterocycles. The van der Waals surface area contributed by atoms with Crippen LogP contribution in [-0.2, 0) is 0 Å². The number of aromatic carboxylic acids is 1. The SMILES string of the molecule is Cc1nn(-c2c(F)cccc2C#N)cc1C(=O)O. The van der Waals surface area contributed by atoms with E-state index in [0.717, 1.165) is 4.68 Å². The minimum Gasteiger partial charge on any atom is -0.478 e. The summed E-state index contributed by atoms with van der Waals surface area (Å²) in [6.45, 7) is 1.51. The van der Waals surface area contributed by atoms with Crippen LogP contribution in [0.1, 0.15) is 21.6 Å². The molecular formula is C12H8FN3O2. The lowest BCUT2D eigenvalue weighted by atomic mass is 10.2. The summed E-state index contributed by atoms with van der Waals surface area (Å²) in [5.74, 6) is -1.78. The molecule has 0 atom stereocenters. The number of rotatable bonds is 2. The molecule has 1 aromatic carbocycles. The van der Waals surface area contributed by atoms with Gasteiger partial charge in [0.15, 0.2) is 0 Å². The molecule has 1 aromatic heterocycles. The zero-order chi connectivity index (χ0) is 13.3. The fourth-order valence-corrected chi connectivity index (χ4v) is 1.62. The maximum atomic E-state index is 13.7. The number of carboxylic acid groups (broad SMARTS) is 1. The maximum Gasteiger partial charge on any atom is 0.339 e. The molecule has 2 rings (SSSR count). The second-order valence-corrected chi connectivity index (χ2v) is 3.63. The molecule has 0 aliphatic heterocycles. The fraction of sp³-hybridized carbons (Fsp3) is 0.0833. The number of nitrogens with zero attached hydrogens (tertiary/aromatic N) is 3. The average molecular weight is 245 g/mol. The summed E-state index contributed by atoms with van der Waals surface area (Å²) in [4.78, 5) is 10.9. The predicted molar refractivity (Wildman–Crippen MR) is 59.9 cm³/mol. The summed E-state index contributed by atoms with van der Waals surface area (Å²) >= 11 is 0. The molecular weight excluding hydrogens is 237 g/mol. The topological polar surface area (TPSA) is 78.9 Å². The van der Waals surface area contributed by atoms with Crippen molar-refractivity contribution in [2.45, 2.75) is 6.92 Å². The van der Waals surface area contributed by atoms with Gasteiger partial charge in [-0.3, -0.25) is 0 Å². The number of aromatic nitrogens is 2. The number of para-hydroxylation sites is 1. The number of hydrogen-bond donors (Lipinski definition) is 1. The Hall–Kier alpha value is -2.68. The number of carbonyl (C=O) groups is 1. The maximum absolute atomic E-state index is 13.7. The zero-order valence-corrected chi connectivity index (χ0v) is 9.38. The first kappa shape index (κ1) is 11.8. The molecule has 0 spiro atoms. The molecule has 0 saturated carbocycles. The normalized spacial score (nSPS) is 10.1. The van der Waals surface area contributed by atoms with Crippen molar-refractivity contribution < 1.29 is 14.3 Å². The first-order valence-electron chi connectivity index (χ1n) is 5.03. The molecule has 5 nitrogen and oxygen atoms in total. The van der Waals surface area contributed by atoms with Crippen molar-refractivity contribution in [3.05, 3.63) is 47.0 Å². The number of halogens is 1. The third-order valence-corrected chi connectivity index (χ3v) is 2.47. The summed E-state index contributed by atoms with van der Waals surface area (Å²) < 4.78 is 14.8. The molecule has 90 valence electrons.